The molecule has 1 aliphatic heterocycles. The Balaban J connectivity index is 1.97. The zero-order valence-corrected chi connectivity index (χ0v) is 12.3. The maximum absolute atomic E-state index is 12.1. The lowest BCUT2D eigenvalue weighted by atomic mass is 10.0. The molecule has 2 atom stereocenters. The molecular formula is C15H23N3O2. The van der Waals surface area contributed by atoms with Gasteiger partial charge in [0.2, 0.25) is 0 Å². The van der Waals surface area contributed by atoms with Crippen molar-refractivity contribution in [3.63, 3.8) is 0 Å². The second-order valence-corrected chi connectivity index (χ2v) is 5.50. The standard InChI is InChI=1S/C15H23N3O2/c1-10-12(6-7-20-10)9-17-15(19)11-4-5-14(18(2)3)13(16)8-11/h4-5,8,10,12H,6-7,9,16H2,1-3H3,(H,17,19). The van der Waals surface area contributed by atoms with E-state index in [1.54, 1.807) is 12.1 Å². The van der Waals surface area contributed by atoms with Crippen molar-refractivity contribution in [2.24, 2.45) is 5.92 Å². The van der Waals surface area contributed by atoms with Crippen molar-refractivity contribution in [2.75, 3.05) is 37.9 Å². The first-order valence-electron chi connectivity index (χ1n) is 6.95. The quantitative estimate of drug-likeness (QED) is 0.818. The van der Waals surface area contributed by atoms with E-state index in [4.69, 9.17) is 10.5 Å². The number of nitrogen functional groups attached to an aromatic ring is 1. The van der Waals surface area contributed by atoms with Gasteiger partial charge < -0.3 is 20.7 Å². The summed E-state index contributed by atoms with van der Waals surface area (Å²) >= 11 is 0. The van der Waals surface area contributed by atoms with E-state index in [1.165, 1.54) is 0 Å². The summed E-state index contributed by atoms with van der Waals surface area (Å²) < 4.78 is 5.49. The number of nitrogens with two attached hydrogens (primary N) is 1. The molecule has 0 spiro atoms. The van der Waals surface area contributed by atoms with Crippen LogP contribution in [0.4, 0.5) is 11.4 Å². The lowest BCUT2D eigenvalue weighted by Crippen LogP contribution is -2.32. The fourth-order valence-electron chi connectivity index (χ4n) is 2.47. The number of carbonyl (C=O) groups excluding carboxylic acids is 1. The van der Waals surface area contributed by atoms with Gasteiger partial charge in [0.05, 0.1) is 17.5 Å². The molecule has 1 saturated heterocycles. The van der Waals surface area contributed by atoms with Crippen LogP contribution in [0.3, 0.4) is 0 Å². The van der Waals surface area contributed by atoms with Crippen molar-refractivity contribution in [1.29, 1.82) is 0 Å². The van der Waals surface area contributed by atoms with E-state index in [0.717, 1.165) is 18.7 Å². The molecule has 1 heterocycles. The molecule has 1 aromatic rings. The Hall–Kier alpha value is -1.75. The molecule has 5 heteroatoms. The minimum Gasteiger partial charge on any atom is -0.397 e. The number of ether oxygens (including phenoxy) is 1. The van der Waals surface area contributed by atoms with E-state index in [0.29, 0.717) is 23.7 Å². The largest absolute Gasteiger partial charge is 0.397 e. The van der Waals surface area contributed by atoms with Crippen LogP contribution in [0.15, 0.2) is 18.2 Å². The number of hydrogen-bond acceptors (Lipinski definition) is 4. The molecule has 0 radical (unpaired) electrons. The minimum atomic E-state index is -0.0823. The Morgan fingerprint density at radius 3 is 2.80 bits per heavy atom. The van der Waals surface area contributed by atoms with Gasteiger partial charge in [0, 0.05) is 38.7 Å². The molecule has 110 valence electrons. The molecule has 0 bridgehead atoms. The Morgan fingerprint density at radius 2 is 2.25 bits per heavy atom. The van der Waals surface area contributed by atoms with E-state index in [-0.39, 0.29) is 12.0 Å². The summed E-state index contributed by atoms with van der Waals surface area (Å²) in [5.74, 6) is 0.318. The van der Waals surface area contributed by atoms with Gasteiger partial charge in [0.15, 0.2) is 0 Å². The molecule has 1 aromatic carbocycles. The lowest BCUT2D eigenvalue weighted by molar-refractivity contribution is 0.0907. The Labute approximate surface area is 120 Å². The number of anilines is 2. The highest BCUT2D eigenvalue weighted by Crippen LogP contribution is 2.23. The predicted molar refractivity (Wildman–Crippen MR) is 81.0 cm³/mol. The Kier molecular flexibility index (Phi) is 4.49. The zero-order valence-electron chi connectivity index (χ0n) is 12.3. The Bertz CT molecular complexity index is 488. The molecule has 1 amide bonds. The molecule has 1 fully saturated rings. The molecule has 1 aliphatic rings. The fraction of sp³-hybridized carbons (Fsp3) is 0.533. The second-order valence-electron chi connectivity index (χ2n) is 5.50. The number of nitrogens with zero attached hydrogens (tertiary/aromatic N) is 1. The van der Waals surface area contributed by atoms with Crippen LogP contribution in [0.1, 0.15) is 23.7 Å². The van der Waals surface area contributed by atoms with Gasteiger partial charge in [-0.3, -0.25) is 4.79 Å². The van der Waals surface area contributed by atoms with Gasteiger partial charge in [-0.15, -0.1) is 0 Å². The average Bonchev–Trinajstić information content (AvgIpc) is 2.81. The van der Waals surface area contributed by atoms with Gasteiger partial charge >= 0.3 is 0 Å². The number of rotatable bonds is 4. The number of amides is 1. The number of carbonyl (C=O) groups is 1. The highest BCUT2D eigenvalue weighted by atomic mass is 16.5. The third-order valence-corrected chi connectivity index (χ3v) is 3.83. The molecule has 20 heavy (non-hydrogen) atoms. The van der Waals surface area contributed by atoms with Crippen LogP contribution in [-0.2, 0) is 4.74 Å². The van der Waals surface area contributed by atoms with Crippen molar-refractivity contribution in [2.45, 2.75) is 19.4 Å². The highest BCUT2D eigenvalue weighted by molar-refractivity contribution is 5.96. The van der Waals surface area contributed by atoms with E-state index in [2.05, 4.69) is 5.32 Å². The van der Waals surface area contributed by atoms with E-state index in [1.807, 2.05) is 32.0 Å². The van der Waals surface area contributed by atoms with Crippen LogP contribution in [0.5, 0.6) is 0 Å². The molecule has 0 aromatic heterocycles. The van der Waals surface area contributed by atoms with Crippen molar-refractivity contribution in [3.8, 4) is 0 Å². The van der Waals surface area contributed by atoms with Crippen LogP contribution in [0, 0.1) is 5.92 Å². The molecule has 0 saturated carbocycles. The third kappa shape index (κ3) is 3.22. The number of benzene rings is 1. The van der Waals surface area contributed by atoms with Gasteiger partial charge in [0.25, 0.3) is 5.91 Å². The first-order valence-corrected chi connectivity index (χ1v) is 6.95. The number of hydrogen-bond donors (Lipinski definition) is 2. The first kappa shape index (κ1) is 14.7. The van der Waals surface area contributed by atoms with Crippen LogP contribution in [-0.4, -0.2) is 39.3 Å². The molecular weight excluding hydrogens is 254 g/mol. The summed E-state index contributed by atoms with van der Waals surface area (Å²) in [7, 11) is 3.85. The molecule has 2 unspecified atom stereocenters. The topological polar surface area (TPSA) is 67.6 Å². The van der Waals surface area contributed by atoms with Crippen LogP contribution < -0.4 is 16.0 Å². The summed E-state index contributed by atoms with van der Waals surface area (Å²) in [4.78, 5) is 14.0. The van der Waals surface area contributed by atoms with Gasteiger partial charge in [-0.05, 0) is 31.5 Å². The van der Waals surface area contributed by atoms with Crippen molar-refractivity contribution in [1.82, 2.24) is 5.32 Å². The lowest BCUT2D eigenvalue weighted by Gasteiger charge is -2.17. The predicted octanol–water partition coefficient (Wildman–Crippen LogP) is 1.49. The third-order valence-electron chi connectivity index (χ3n) is 3.83. The van der Waals surface area contributed by atoms with E-state index in [9.17, 15) is 4.79 Å². The second kappa shape index (κ2) is 6.13. The maximum Gasteiger partial charge on any atom is 0.251 e. The SMILES string of the molecule is CC1OCCC1CNC(=O)c1ccc(N(C)C)c(N)c1. The summed E-state index contributed by atoms with van der Waals surface area (Å²) in [5, 5.41) is 2.96. The van der Waals surface area contributed by atoms with Gasteiger partial charge in [-0.1, -0.05) is 0 Å². The maximum atomic E-state index is 12.1. The summed E-state index contributed by atoms with van der Waals surface area (Å²) in [5.41, 5.74) is 8.08. The summed E-state index contributed by atoms with van der Waals surface area (Å²) in [6.45, 7) is 3.48. The molecule has 5 nitrogen and oxygen atoms in total. The van der Waals surface area contributed by atoms with Crippen LogP contribution >= 0.6 is 0 Å². The van der Waals surface area contributed by atoms with Gasteiger partial charge in [-0.2, -0.15) is 0 Å². The number of nitrogens with one attached hydrogen (secondary N) is 1. The van der Waals surface area contributed by atoms with Crippen molar-refractivity contribution < 1.29 is 9.53 Å². The van der Waals surface area contributed by atoms with Crippen LogP contribution in [0.2, 0.25) is 0 Å². The smallest absolute Gasteiger partial charge is 0.251 e. The van der Waals surface area contributed by atoms with Crippen molar-refractivity contribution in [3.05, 3.63) is 23.8 Å². The van der Waals surface area contributed by atoms with Gasteiger partial charge in [0.1, 0.15) is 0 Å². The molecule has 2 rings (SSSR count). The molecule has 3 N–H and O–H groups in total. The normalized spacial score (nSPS) is 21.8. The highest BCUT2D eigenvalue weighted by Gasteiger charge is 2.24. The van der Waals surface area contributed by atoms with Crippen LogP contribution in [0.25, 0.3) is 0 Å². The first-order chi connectivity index (χ1) is 9.49. The Morgan fingerprint density at radius 1 is 1.50 bits per heavy atom. The summed E-state index contributed by atoms with van der Waals surface area (Å²) in [6.07, 6.45) is 1.22. The molecule has 0 aliphatic carbocycles. The van der Waals surface area contributed by atoms with Gasteiger partial charge in [-0.25, -0.2) is 0 Å². The monoisotopic (exact) mass is 277 g/mol. The van der Waals surface area contributed by atoms with E-state index >= 15 is 0 Å². The van der Waals surface area contributed by atoms with Crippen molar-refractivity contribution >= 4 is 17.3 Å². The van der Waals surface area contributed by atoms with E-state index < -0.39 is 0 Å². The fourth-order valence-corrected chi connectivity index (χ4v) is 2.47. The zero-order chi connectivity index (χ0) is 14.7. The average molecular weight is 277 g/mol. The minimum absolute atomic E-state index is 0.0823. The summed E-state index contributed by atoms with van der Waals surface area (Å²) in [6, 6.07) is 5.39.